The lowest BCUT2D eigenvalue weighted by Gasteiger charge is -2.08. The third-order valence-corrected chi connectivity index (χ3v) is 4.77. The van der Waals surface area contributed by atoms with Crippen LogP contribution in [0.1, 0.15) is 35.7 Å². The molecular weight excluding hydrogens is 364 g/mol. The average Bonchev–Trinajstić information content (AvgIpc) is 2.74. The van der Waals surface area contributed by atoms with Crippen LogP contribution in [0.25, 0.3) is 22.3 Å². The maximum absolute atomic E-state index is 12.7. The maximum Gasteiger partial charge on any atom is 0.257 e. The normalized spacial score (nSPS) is 11.0. The van der Waals surface area contributed by atoms with Crippen LogP contribution in [0.2, 0.25) is 0 Å². The number of benzene rings is 2. The summed E-state index contributed by atoms with van der Waals surface area (Å²) in [6.07, 6.45) is 3.09. The molecule has 1 N–H and O–H groups in total. The quantitative estimate of drug-likeness (QED) is 0.523. The number of fused-ring (bicyclic) bond motifs is 1. The summed E-state index contributed by atoms with van der Waals surface area (Å²) < 4.78 is 5.95. The zero-order chi connectivity index (χ0) is 20.4. The van der Waals surface area contributed by atoms with E-state index in [4.69, 9.17) is 4.42 Å². The van der Waals surface area contributed by atoms with Gasteiger partial charge in [-0.15, -0.1) is 0 Å². The highest BCUT2D eigenvalue weighted by atomic mass is 16.3. The van der Waals surface area contributed by atoms with E-state index in [1.165, 1.54) is 17.8 Å². The summed E-state index contributed by atoms with van der Waals surface area (Å²) >= 11 is 0. The Labute approximate surface area is 168 Å². The van der Waals surface area contributed by atoms with Gasteiger partial charge in [0, 0.05) is 29.7 Å². The molecule has 1 amide bonds. The van der Waals surface area contributed by atoms with Crippen molar-refractivity contribution in [3.05, 3.63) is 94.4 Å². The van der Waals surface area contributed by atoms with E-state index < -0.39 is 0 Å². The number of carbonyl (C=O) groups excluding carboxylic acids is 1. The van der Waals surface area contributed by atoms with Crippen LogP contribution >= 0.6 is 0 Å². The van der Waals surface area contributed by atoms with Crippen LogP contribution in [-0.4, -0.2) is 10.9 Å². The highest BCUT2D eigenvalue weighted by molar-refractivity contribution is 6.04. The molecule has 5 heteroatoms. The smallest absolute Gasteiger partial charge is 0.257 e. The molecule has 0 atom stereocenters. The Morgan fingerprint density at radius 2 is 1.83 bits per heavy atom. The van der Waals surface area contributed by atoms with Crippen molar-refractivity contribution in [2.75, 3.05) is 5.32 Å². The molecule has 0 radical (unpaired) electrons. The average molecular weight is 384 g/mol. The third-order valence-electron chi connectivity index (χ3n) is 4.77. The molecule has 29 heavy (non-hydrogen) atoms. The molecule has 0 aliphatic heterocycles. The molecule has 5 nitrogen and oxygen atoms in total. The molecule has 0 saturated carbocycles. The topological polar surface area (TPSA) is 72.2 Å². The van der Waals surface area contributed by atoms with Gasteiger partial charge in [-0.1, -0.05) is 38.1 Å². The van der Waals surface area contributed by atoms with Gasteiger partial charge in [-0.3, -0.25) is 14.6 Å². The minimum atomic E-state index is -0.288. The molecule has 2 aromatic heterocycles. The molecule has 0 aliphatic rings. The summed E-state index contributed by atoms with van der Waals surface area (Å²) in [5.74, 6) is 0.668. The fourth-order valence-electron chi connectivity index (χ4n) is 3.11. The lowest BCUT2D eigenvalue weighted by Crippen LogP contribution is -2.12. The number of hydrogen-bond acceptors (Lipinski definition) is 4. The third kappa shape index (κ3) is 3.94. The molecule has 0 fully saturated rings. The van der Waals surface area contributed by atoms with Gasteiger partial charge in [0.15, 0.2) is 5.43 Å². The van der Waals surface area contributed by atoms with Crippen molar-refractivity contribution in [2.24, 2.45) is 0 Å². The van der Waals surface area contributed by atoms with Crippen LogP contribution in [0.3, 0.4) is 0 Å². The minimum absolute atomic E-state index is 0.160. The number of carbonyl (C=O) groups is 1. The van der Waals surface area contributed by atoms with Gasteiger partial charge in [0.05, 0.1) is 10.9 Å². The fraction of sp³-hybridized carbons (Fsp3) is 0.125. The Morgan fingerprint density at radius 1 is 1.03 bits per heavy atom. The second kappa shape index (κ2) is 7.72. The van der Waals surface area contributed by atoms with Crippen molar-refractivity contribution in [1.29, 1.82) is 0 Å². The first-order valence-electron chi connectivity index (χ1n) is 9.41. The molecule has 0 unspecified atom stereocenters. The van der Waals surface area contributed by atoms with Crippen molar-refractivity contribution in [2.45, 2.75) is 19.8 Å². The van der Waals surface area contributed by atoms with Crippen LogP contribution in [0.15, 0.2) is 82.3 Å². The SMILES string of the molecule is CC(C)c1ccc(-c2cc(=O)c3cc(NC(=O)c4cccnc4)ccc3o2)cc1. The Bertz CT molecular complexity index is 1230. The zero-order valence-electron chi connectivity index (χ0n) is 16.2. The molecule has 4 aromatic rings. The Kier molecular flexibility index (Phi) is 4.96. The highest BCUT2D eigenvalue weighted by Gasteiger charge is 2.11. The van der Waals surface area contributed by atoms with E-state index in [0.717, 1.165) is 5.56 Å². The predicted octanol–water partition coefficient (Wildman–Crippen LogP) is 5.23. The van der Waals surface area contributed by atoms with Crippen molar-refractivity contribution >= 4 is 22.6 Å². The fourth-order valence-corrected chi connectivity index (χ4v) is 3.11. The monoisotopic (exact) mass is 384 g/mol. The lowest BCUT2D eigenvalue weighted by atomic mass is 10.0. The number of pyridine rings is 1. The number of rotatable bonds is 4. The van der Waals surface area contributed by atoms with Gasteiger partial charge in [0.25, 0.3) is 5.91 Å². The number of aromatic nitrogens is 1. The van der Waals surface area contributed by atoms with Gasteiger partial charge in [0.2, 0.25) is 0 Å². The van der Waals surface area contributed by atoms with Crippen molar-refractivity contribution < 1.29 is 9.21 Å². The van der Waals surface area contributed by atoms with Crippen LogP contribution in [-0.2, 0) is 0 Å². The van der Waals surface area contributed by atoms with Gasteiger partial charge in [-0.05, 0) is 41.8 Å². The first kappa shape index (κ1) is 18.6. The van der Waals surface area contributed by atoms with Crippen LogP contribution in [0.4, 0.5) is 5.69 Å². The first-order chi connectivity index (χ1) is 14.0. The van der Waals surface area contributed by atoms with Crippen molar-refractivity contribution in [3.63, 3.8) is 0 Å². The van der Waals surface area contributed by atoms with Crippen molar-refractivity contribution in [1.82, 2.24) is 4.98 Å². The maximum atomic E-state index is 12.7. The number of nitrogens with one attached hydrogen (secondary N) is 1. The van der Waals surface area contributed by atoms with Crippen LogP contribution in [0, 0.1) is 0 Å². The second-order valence-corrected chi connectivity index (χ2v) is 7.16. The number of amides is 1. The van der Waals surface area contributed by atoms with Gasteiger partial charge in [-0.25, -0.2) is 0 Å². The zero-order valence-corrected chi connectivity index (χ0v) is 16.2. The molecule has 2 aromatic carbocycles. The highest BCUT2D eigenvalue weighted by Crippen LogP contribution is 2.25. The number of nitrogens with zero attached hydrogens (tertiary/aromatic N) is 1. The van der Waals surface area contributed by atoms with E-state index >= 15 is 0 Å². The van der Waals surface area contributed by atoms with E-state index in [1.54, 1.807) is 36.5 Å². The van der Waals surface area contributed by atoms with Gasteiger partial charge < -0.3 is 9.73 Å². The van der Waals surface area contributed by atoms with E-state index in [0.29, 0.717) is 33.9 Å². The summed E-state index contributed by atoms with van der Waals surface area (Å²) in [6.45, 7) is 4.27. The van der Waals surface area contributed by atoms with Gasteiger partial charge in [-0.2, -0.15) is 0 Å². The molecule has 144 valence electrons. The number of anilines is 1. The van der Waals surface area contributed by atoms with E-state index in [1.807, 2.05) is 24.3 Å². The van der Waals surface area contributed by atoms with Gasteiger partial charge in [0.1, 0.15) is 11.3 Å². The van der Waals surface area contributed by atoms with E-state index in [2.05, 4.69) is 24.1 Å². The van der Waals surface area contributed by atoms with Crippen LogP contribution in [0.5, 0.6) is 0 Å². The molecule has 4 rings (SSSR count). The summed E-state index contributed by atoms with van der Waals surface area (Å²) in [7, 11) is 0. The molecular formula is C24H20N2O3. The van der Waals surface area contributed by atoms with Crippen LogP contribution < -0.4 is 10.7 Å². The minimum Gasteiger partial charge on any atom is -0.456 e. The summed E-state index contributed by atoms with van der Waals surface area (Å²) in [6, 6.07) is 17.9. The van der Waals surface area contributed by atoms with E-state index in [-0.39, 0.29) is 11.3 Å². The summed E-state index contributed by atoms with van der Waals surface area (Å²) in [4.78, 5) is 28.9. The second-order valence-electron chi connectivity index (χ2n) is 7.16. The first-order valence-corrected chi connectivity index (χ1v) is 9.41. The molecule has 0 bridgehead atoms. The van der Waals surface area contributed by atoms with Crippen molar-refractivity contribution in [3.8, 4) is 11.3 Å². The standard InChI is InChI=1S/C24H20N2O3/c1-15(2)16-5-7-17(8-6-16)23-13-21(27)20-12-19(9-10-22(20)29-23)26-24(28)18-4-3-11-25-14-18/h3-15H,1-2H3,(H,26,28). The lowest BCUT2D eigenvalue weighted by molar-refractivity contribution is 0.102. The predicted molar refractivity (Wildman–Crippen MR) is 114 cm³/mol. The molecule has 0 aliphatic carbocycles. The summed E-state index contributed by atoms with van der Waals surface area (Å²) in [5, 5.41) is 3.19. The van der Waals surface area contributed by atoms with Gasteiger partial charge >= 0.3 is 0 Å². The molecule has 0 saturated heterocycles. The summed E-state index contributed by atoms with van der Waals surface area (Å²) in [5.41, 5.74) is 3.35. The largest absolute Gasteiger partial charge is 0.456 e. The molecule has 2 heterocycles. The number of hydrogen-bond donors (Lipinski definition) is 1. The Morgan fingerprint density at radius 3 is 2.52 bits per heavy atom. The Hall–Kier alpha value is -3.73. The Balaban J connectivity index is 1.65. The molecule has 0 spiro atoms. The van der Waals surface area contributed by atoms with E-state index in [9.17, 15) is 9.59 Å².